The molecule has 5 heteroatoms. The van der Waals surface area contributed by atoms with E-state index in [4.69, 9.17) is 11.6 Å². The lowest BCUT2D eigenvalue weighted by atomic mass is 9.90. The van der Waals surface area contributed by atoms with Crippen LogP contribution in [-0.2, 0) is 0 Å². The lowest BCUT2D eigenvalue weighted by Crippen LogP contribution is -2.09. The molecule has 0 N–H and O–H groups in total. The minimum atomic E-state index is -0.399. The molecular weight excluding hydrogens is 264 g/mol. The molecule has 2 atom stereocenters. The minimum Gasteiger partial charge on any atom is -0.258 e. The van der Waals surface area contributed by atoms with Crippen LogP contribution in [0.3, 0.4) is 0 Å². The third kappa shape index (κ3) is 2.54. The van der Waals surface area contributed by atoms with Crippen LogP contribution in [0.5, 0.6) is 0 Å². The van der Waals surface area contributed by atoms with Crippen molar-refractivity contribution in [1.82, 2.24) is 4.98 Å². The first-order chi connectivity index (χ1) is 9.06. The van der Waals surface area contributed by atoms with E-state index in [-0.39, 0.29) is 17.0 Å². The fourth-order valence-corrected chi connectivity index (χ4v) is 2.76. The number of nitrogens with zero attached hydrogens (tertiary/aromatic N) is 2. The van der Waals surface area contributed by atoms with Gasteiger partial charge in [0, 0.05) is 28.9 Å². The van der Waals surface area contributed by atoms with Gasteiger partial charge in [0.2, 0.25) is 0 Å². The van der Waals surface area contributed by atoms with Crippen LogP contribution in [0.2, 0.25) is 0 Å². The normalized spacial score (nSPS) is 14.3. The first kappa shape index (κ1) is 13.7. The standard InChI is InChI=1S/C14H15ClN2O2/c1-3-10(9(2)15)11-6-7-13(17(18)19)14-12(11)5-4-8-16-14/h4-10H,3H2,1-2H3. The predicted molar refractivity (Wildman–Crippen MR) is 76.7 cm³/mol. The maximum absolute atomic E-state index is 11.0. The van der Waals surface area contributed by atoms with Crippen LogP contribution in [0.1, 0.15) is 31.7 Å². The molecule has 0 radical (unpaired) electrons. The molecule has 0 amide bonds. The van der Waals surface area contributed by atoms with Gasteiger partial charge in [-0.25, -0.2) is 4.98 Å². The van der Waals surface area contributed by atoms with Crippen LogP contribution < -0.4 is 0 Å². The van der Waals surface area contributed by atoms with E-state index < -0.39 is 4.92 Å². The summed E-state index contributed by atoms with van der Waals surface area (Å²) in [4.78, 5) is 14.8. The summed E-state index contributed by atoms with van der Waals surface area (Å²) in [5, 5.41) is 11.8. The number of pyridine rings is 1. The molecule has 0 aliphatic rings. The van der Waals surface area contributed by atoms with Crippen LogP contribution >= 0.6 is 11.6 Å². The fourth-order valence-electron chi connectivity index (χ4n) is 2.44. The lowest BCUT2D eigenvalue weighted by molar-refractivity contribution is -0.383. The molecule has 0 bridgehead atoms. The van der Waals surface area contributed by atoms with E-state index in [9.17, 15) is 10.1 Å². The third-order valence-corrected chi connectivity index (χ3v) is 3.68. The number of nitro benzene ring substituents is 1. The van der Waals surface area contributed by atoms with Gasteiger partial charge < -0.3 is 0 Å². The van der Waals surface area contributed by atoms with Crippen molar-refractivity contribution in [1.29, 1.82) is 0 Å². The highest BCUT2D eigenvalue weighted by Crippen LogP contribution is 2.35. The molecule has 0 saturated heterocycles. The first-order valence-corrected chi connectivity index (χ1v) is 6.66. The van der Waals surface area contributed by atoms with E-state index in [1.807, 2.05) is 13.0 Å². The highest BCUT2D eigenvalue weighted by atomic mass is 35.5. The molecule has 4 nitrogen and oxygen atoms in total. The molecule has 1 aromatic carbocycles. The third-order valence-electron chi connectivity index (χ3n) is 3.37. The average molecular weight is 279 g/mol. The second-order valence-corrected chi connectivity index (χ2v) is 5.21. The van der Waals surface area contributed by atoms with E-state index >= 15 is 0 Å². The Balaban J connectivity index is 2.71. The Morgan fingerprint density at radius 2 is 2.16 bits per heavy atom. The topological polar surface area (TPSA) is 56.0 Å². The maximum Gasteiger partial charge on any atom is 0.295 e. The number of fused-ring (bicyclic) bond motifs is 1. The summed E-state index contributed by atoms with van der Waals surface area (Å²) in [5.74, 6) is 0.161. The zero-order valence-electron chi connectivity index (χ0n) is 10.8. The number of alkyl halides is 1. The number of aromatic nitrogens is 1. The molecule has 1 aromatic heterocycles. The van der Waals surface area contributed by atoms with Crippen LogP contribution in [-0.4, -0.2) is 15.3 Å². The molecule has 0 spiro atoms. The molecule has 19 heavy (non-hydrogen) atoms. The van der Waals surface area contributed by atoms with Gasteiger partial charge in [-0.2, -0.15) is 0 Å². The van der Waals surface area contributed by atoms with E-state index in [0.29, 0.717) is 5.52 Å². The highest BCUT2D eigenvalue weighted by Gasteiger charge is 2.22. The van der Waals surface area contributed by atoms with E-state index in [2.05, 4.69) is 11.9 Å². The van der Waals surface area contributed by atoms with Crippen molar-refractivity contribution >= 4 is 28.2 Å². The summed E-state index contributed by atoms with van der Waals surface area (Å²) >= 11 is 6.23. The monoisotopic (exact) mass is 278 g/mol. The molecule has 0 fully saturated rings. The van der Waals surface area contributed by atoms with E-state index in [1.165, 1.54) is 6.07 Å². The first-order valence-electron chi connectivity index (χ1n) is 6.22. The van der Waals surface area contributed by atoms with Crippen LogP contribution in [0.15, 0.2) is 30.5 Å². The molecule has 0 aliphatic heterocycles. The SMILES string of the molecule is CCC(c1ccc([N+](=O)[O-])c2ncccc12)C(C)Cl. The summed E-state index contributed by atoms with van der Waals surface area (Å²) in [7, 11) is 0. The minimum absolute atomic E-state index is 0.0325. The Hall–Kier alpha value is -1.68. The Morgan fingerprint density at radius 3 is 2.74 bits per heavy atom. The van der Waals surface area contributed by atoms with Gasteiger partial charge >= 0.3 is 0 Å². The van der Waals surface area contributed by atoms with Crippen molar-refractivity contribution in [2.45, 2.75) is 31.6 Å². The maximum atomic E-state index is 11.0. The second-order valence-electron chi connectivity index (χ2n) is 4.52. The molecule has 0 saturated carbocycles. The number of nitro groups is 1. The van der Waals surface area contributed by atoms with Gasteiger partial charge in [0.15, 0.2) is 0 Å². The van der Waals surface area contributed by atoms with Gasteiger partial charge in [0.05, 0.1) is 4.92 Å². The molecule has 2 unspecified atom stereocenters. The molecule has 1 heterocycles. The lowest BCUT2D eigenvalue weighted by Gasteiger charge is -2.19. The molecule has 100 valence electrons. The Morgan fingerprint density at radius 1 is 1.42 bits per heavy atom. The van der Waals surface area contributed by atoms with Crippen molar-refractivity contribution in [2.75, 3.05) is 0 Å². The van der Waals surface area contributed by atoms with Gasteiger partial charge in [-0.05, 0) is 25.0 Å². The number of non-ortho nitro benzene ring substituents is 1. The quantitative estimate of drug-likeness (QED) is 0.477. The van der Waals surface area contributed by atoms with Crippen molar-refractivity contribution in [3.63, 3.8) is 0 Å². The highest BCUT2D eigenvalue weighted by molar-refractivity contribution is 6.21. The van der Waals surface area contributed by atoms with Crippen molar-refractivity contribution < 1.29 is 4.92 Å². The largest absolute Gasteiger partial charge is 0.295 e. The zero-order chi connectivity index (χ0) is 14.0. The van der Waals surface area contributed by atoms with Crippen molar-refractivity contribution in [2.24, 2.45) is 0 Å². The summed E-state index contributed by atoms with van der Waals surface area (Å²) in [6.45, 7) is 4.01. The molecule has 2 aromatic rings. The molecule has 0 aliphatic carbocycles. The smallest absolute Gasteiger partial charge is 0.258 e. The Bertz CT molecular complexity index is 613. The van der Waals surface area contributed by atoms with Gasteiger partial charge in [0.1, 0.15) is 5.52 Å². The van der Waals surface area contributed by atoms with Crippen LogP contribution in [0, 0.1) is 10.1 Å². The summed E-state index contributed by atoms with van der Waals surface area (Å²) in [6.07, 6.45) is 2.46. The van der Waals surface area contributed by atoms with Crippen LogP contribution in [0.25, 0.3) is 10.9 Å². The predicted octanol–water partition coefficient (Wildman–Crippen LogP) is 4.26. The van der Waals surface area contributed by atoms with Gasteiger partial charge in [0.25, 0.3) is 5.69 Å². The summed E-state index contributed by atoms with van der Waals surface area (Å²) in [5.41, 5.74) is 1.50. The summed E-state index contributed by atoms with van der Waals surface area (Å²) < 4.78 is 0. The van der Waals surface area contributed by atoms with Crippen molar-refractivity contribution in [3.8, 4) is 0 Å². The average Bonchev–Trinajstić information content (AvgIpc) is 2.39. The number of benzene rings is 1. The number of hydrogen-bond donors (Lipinski definition) is 0. The Kier molecular flexibility index (Phi) is 4.00. The Labute approximate surface area is 116 Å². The fraction of sp³-hybridized carbons (Fsp3) is 0.357. The molecule has 2 rings (SSSR count). The van der Waals surface area contributed by atoms with Gasteiger partial charge in [-0.3, -0.25) is 10.1 Å². The number of halogens is 1. The van der Waals surface area contributed by atoms with E-state index in [0.717, 1.165) is 17.4 Å². The van der Waals surface area contributed by atoms with Crippen molar-refractivity contribution in [3.05, 3.63) is 46.1 Å². The number of rotatable bonds is 4. The molecular formula is C14H15ClN2O2. The summed E-state index contributed by atoms with van der Waals surface area (Å²) in [6, 6.07) is 6.98. The van der Waals surface area contributed by atoms with Crippen LogP contribution in [0.4, 0.5) is 5.69 Å². The van der Waals surface area contributed by atoms with Gasteiger partial charge in [-0.15, -0.1) is 11.6 Å². The van der Waals surface area contributed by atoms with Gasteiger partial charge in [-0.1, -0.05) is 19.1 Å². The zero-order valence-corrected chi connectivity index (χ0v) is 11.6. The number of hydrogen-bond acceptors (Lipinski definition) is 3. The second kappa shape index (κ2) is 5.53. The van der Waals surface area contributed by atoms with E-state index in [1.54, 1.807) is 18.3 Å².